The fraction of sp³-hybridized carbons (Fsp3) is 0.320. The molecule has 3 aromatic rings. The lowest BCUT2D eigenvalue weighted by Gasteiger charge is -2.19. The lowest BCUT2D eigenvalue weighted by Crippen LogP contribution is -2.48. The molecule has 5 rings (SSSR count). The molecule has 180 valence electrons. The predicted molar refractivity (Wildman–Crippen MR) is 124 cm³/mol. The van der Waals surface area contributed by atoms with Crippen molar-refractivity contribution in [3.8, 4) is 11.1 Å². The van der Waals surface area contributed by atoms with Gasteiger partial charge < -0.3 is 20.5 Å². The van der Waals surface area contributed by atoms with Crippen molar-refractivity contribution in [2.24, 2.45) is 5.92 Å². The number of hydrogen-bond acceptors (Lipinski definition) is 6. The van der Waals surface area contributed by atoms with Crippen molar-refractivity contribution in [3.05, 3.63) is 71.5 Å². The molecule has 1 saturated carbocycles. The summed E-state index contributed by atoms with van der Waals surface area (Å²) in [7, 11) is 0. The average Bonchev–Trinajstić information content (AvgIpc) is 3.52. The highest BCUT2D eigenvalue weighted by atomic mass is 16.5. The van der Waals surface area contributed by atoms with Gasteiger partial charge in [-0.1, -0.05) is 53.7 Å². The van der Waals surface area contributed by atoms with Crippen molar-refractivity contribution in [2.45, 2.75) is 37.9 Å². The highest BCUT2D eigenvalue weighted by molar-refractivity contribution is 5.86. The minimum absolute atomic E-state index is 0.0539. The van der Waals surface area contributed by atoms with Crippen molar-refractivity contribution < 1.29 is 24.2 Å². The third kappa shape index (κ3) is 5.01. The first-order chi connectivity index (χ1) is 17.0. The Morgan fingerprint density at radius 1 is 1.06 bits per heavy atom. The monoisotopic (exact) mass is 475 g/mol. The van der Waals surface area contributed by atoms with Gasteiger partial charge in [-0.2, -0.15) is 0 Å². The van der Waals surface area contributed by atoms with Crippen molar-refractivity contribution in [1.82, 2.24) is 25.6 Å². The van der Waals surface area contributed by atoms with Crippen LogP contribution in [0.15, 0.2) is 54.7 Å². The van der Waals surface area contributed by atoms with Crippen LogP contribution < -0.4 is 10.6 Å². The van der Waals surface area contributed by atoms with E-state index >= 15 is 0 Å². The largest absolute Gasteiger partial charge is 0.480 e. The number of carboxylic acid groups (broad SMARTS) is 1. The number of fused-ring (bicyclic) bond motifs is 3. The second-order valence-corrected chi connectivity index (χ2v) is 8.80. The maximum absolute atomic E-state index is 12.8. The molecule has 0 spiro atoms. The first kappa shape index (κ1) is 22.6. The van der Waals surface area contributed by atoms with Crippen LogP contribution in [0, 0.1) is 5.92 Å². The lowest BCUT2D eigenvalue weighted by atomic mass is 9.98. The summed E-state index contributed by atoms with van der Waals surface area (Å²) in [5.41, 5.74) is 4.96. The number of amides is 2. The van der Waals surface area contributed by atoms with E-state index < -0.39 is 18.1 Å². The molecule has 1 atom stereocenters. The number of nitrogens with zero attached hydrogens (tertiary/aromatic N) is 3. The number of aromatic nitrogens is 3. The van der Waals surface area contributed by atoms with Gasteiger partial charge >= 0.3 is 12.1 Å². The molecular weight excluding hydrogens is 450 g/mol. The van der Waals surface area contributed by atoms with Crippen molar-refractivity contribution >= 4 is 18.0 Å². The van der Waals surface area contributed by atoms with Gasteiger partial charge in [0, 0.05) is 5.92 Å². The summed E-state index contributed by atoms with van der Waals surface area (Å²) in [6, 6.07) is 15.5. The van der Waals surface area contributed by atoms with Gasteiger partial charge in [-0.3, -0.25) is 9.59 Å². The lowest BCUT2D eigenvalue weighted by molar-refractivity contribution is -0.138. The summed E-state index contributed by atoms with van der Waals surface area (Å²) >= 11 is 0. The Balaban J connectivity index is 1.17. The molecule has 1 heterocycles. The molecule has 0 aliphatic heterocycles. The molecule has 0 saturated heterocycles. The smallest absolute Gasteiger partial charge is 0.407 e. The number of alkyl carbamates (subject to hydrolysis) is 1. The summed E-state index contributed by atoms with van der Waals surface area (Å²) in [4.78, 5) is 36.2. The van der Waals surface area contributed by atoms with E-state index in [1.165, 1.54) is 10.9 Å². The van der Waals surface area contributed by atoms with Gasteiger partial charge in [0.1, 0.15) is 24.9 Å². The number of benzene rings is 2. The van der Waals surface area contributed by atoms with E-state index in [1.54, 1.807) is 0 Å². The SMILES string of the molecule is O=C(O)Cn1cc(CNC(=O)C(NC(=O)OCC2c3ccccc3-c3ccccc32)C2CC2)nn1. The number of rotatable bonds is 9. The minimum atomic E-state index is -1.04. The van der Waals surface area contributed by atoms with E-state index in [0.717, 1.165) is 35.1 Å². The third-order valence-corrected chi connectivity index (χ3v) is 6.32. The van der Waals surface area contributed by atoms with Gasteiger partial charge in [0.15, 0.2) is 0 Å². The van der Waals surface area contributed by atoms with Gasteiger partial charge in [0.25, 0.3) is 0 Å². The molecule has 35 heavy (non-hydrogen) atoms. The van der Waals surface area contributed by atoms with Gasteiger partial charge in [-0.25, -0.2) is 9.48 Å². The second-order valence-electron chi connectivity index (χ2n) is 8.80. The molecule has 2 aromatic carbocycles. The maximum Gasteiger partial charge on any atom is 0.407 e. The van der Waals surface area contributed by atoms with E-state index in [9.17, 15) is 14.4 Å². The molecular formula is C25H25N5O5. The number of aliphatic carboxylic acids is 1. The molecule has 0 radical (unpaired) electrons. The summed E-state index contributed by atoms with van der Waals surface area (Å²) in [5.74, 6) is -1.38. The van der Waals surface area contributed by atoms with Crippen LogP contribution in [-0.4, -0.2) is 50.7 Å². The van der Waals surface area contributed by atoms with Gasteiger partial charge in [-0.05, 0) is 41.0 Å². The predicted octanol–water partition coefficient (Wildman–Crippen LogP) is 2.30. The highest BCUT2D eigenvalue weighted by Gasteiger charge is 2.38. The van der Waals surface area contributed by atoms with Crippen LogP contribution in [0.1, 0.15) is 35.6 Å². The van der Waals surface area contributed by atoms with Crippen molar-refractivity contribution in [1.29, 1.82) is 0 Å². The molecule has 1 unspecified atom stereocenters. The number of carboxylic acids is 1. The number of nitrogens with one attached hydrogen (secondary N) is 2. The Morgan fingerprint density at radius 3 is 2.34 bits per heavy atom. The standard InChI is InChI=1S/C25H25N5O5/c31-22(32)13-30-12-16(28-29-30)11-26-24(33)23(15-9-10-15)27-25(34)35-14-21-19-7-3-1-5-17(19)18-6-2-4-8-20(18)21/h1-8,12,15,21,23H,9-11,13-14H2,(H,26,33)(H,27,34)(H,31,32). The van der Waals surface area contributed by atoms with Crippen LogP contribution in [0.4, 0.5) is 4.79 Å². The van der Waals surface area contributed by atoms with Crippen LogP contribution in [-0.2, 0) is 27.4 Å². The Morgan fingerprint density at radius 2 is 1.71 bits per heavy atom. The Kier molecular flexibility index (Phi) is 6.17. The molecule has 3 N–H and O–H groups in total. The minimum Gasteiger partial charge on any atom is -0.480 e. The van der Waals surface area contributed by atoms with Crippen molar-refractivity contribution in [2.75, 3.05) is 6.61 Å². The molecule has 2 aliphatic rings. The number of carbonyl (C=O) groups excluding carboxylic acids is 2. The van der Waals surface area contributed by atoms with Crippen LogP contribution in [0.25, 0.3) is 11.1 Å². The number of carbonyl (C=O) groups is 3. The Labute approximate surface area is 201 Å². The van der Waals surface area contributed by atoms with Gasteiger partial charge in [0.05, 0.1) is 12.7 Å². The van der Waals surface area contributed by atoms with E-state index in [-0.39, 0.29) is 37.4 Å². The summed E-state index contributed by atoms with van der Waals surface area (Å²) in [6.07, 6.45) is 2.51. The van der Waals surface area contributed by atoms with Gasteiger partial charge in [-0.15, -0.1) is 5.10 Å². The highest BCUT2D eigenvalue weighted by Crippen LogP contribution is 2.44. The van der Waals surface area contributed by atoms with Crippen LogP contribution in [0.3, 0.4) is 0 Å². The zero-order valence-electron chi connectivity index (χ0n) is 18.9. The molecule has 10 nitrogen and oxygen atoms in total. The average molecular weight is 476 g/mol. The molecule has 1 fully saturated rings. The van der Waals surface area contributed by atoms with Crippen LogP contribution >= 0.6 is 0 Å². The zero-order valence-corrected chi connectivity index (χ0v) is 18.9. The third-order valence-electron chi connectivity index (χ3n) is 6.32. The first-order valence-corrected chi connectivity index (χ1v) is 11.5. The quantitative estimate of drug-likeness (QED) is 0.432. The number of hydrogen-bond donors (Lipinski definition) is 3. The summed E-state index contributed by atoms with van der Waals surface area (Å²) < 4.78 is 6.77. The van der Waals surface area contributed by atoms with Crippen molar-refractivity contribution in [3.63, 3.8) is 0 Å². The molecule has 2 aliphatic carbocycles. The molecule has 1 aromatic heterocycles. The fourth-order valence-corrected chi connectivity index (χ4v) is 4.52. The van der Waals surface area contributed by atoms with E-state index in [4.69, 9.17) is 9.84 Å². The fourth-order valence-electron chi connectivity index (χ4n) is 4.52. The molecule has 0 bridgehead atoms. The van der Waals surface area contributed by atoms with Crippen LogP contribution in [0.5, 0.6) is 0 Å². The maximum atomic E-state index is 12.8. The topological polar surface area (TPSA) is 135 Å². The van der Waals surface area contributed by atoms with E-state index in [0.29, 0.717) is 5.69 Å². The van der Waals surface area contributed by atoms with Gasteiger partial charge in [0.2, 0.25) is 5.91 Å². The summed E-state index contributed by atoms with van der Waals surface area (Å²) in [5, 5.41) is 21.9. The second kappa shape index (κ2) is 9.57. The number of ether oxygens (including phenoxy) is 1. The van der Waals surface area contributed by atoms with E-state index in [1.807, 2.05) is 36.4 Å². The summed E-state index contributed by atoms with van der Waals surface area (Å²) in [6.45, 7) is -0.0609. The first-order valence-electron chi connectivity index (χ1n) is 11.5. The Hall–Kier alpha value is -4.21. The van der Waals surface area contributed by atoms with E-state index in [2.05, 4.69) is 33.1 Å². The molecule has 2 amide bonds. The molecule has 10 heteroatoms. The van der Waals surface area contributed by atoms with Crippen LogP contribution in [0.2, 0.25) is 0 Å². The zero-order chi connectivity index (χ0) is 24.4. The Bertz CT molecular complexity index is 1220. The normalized spacial score (nSPS) is 15.1.